The van der Waals surface area contributed by atoms with Gasteiger partial charge in [-0.3, -0.25) is 0 Å². The molecule has 4 nitrogen and oxygen atoms in total. The second-order valence-electron chi connectivity index (χ2n) is 3.42. The van der Waals surface area contributed by atoms with Crippen molar-refractivity contribution in [1.82, 2.24) is 4.98 Å². The van der Waals surface area contributed by atoms with Crippen LogP contribution in [0.15, 0.2) is 30.3 Å². The van der Waals surface area contributed by atoms with Gasteiger partial charge in [-0.1, -0.05) is 18.2 Å². The van der Waals surface area contributed by atoms with Gasteiger partial charge in [0.2, 0.25) is 0 Å². The quantitative estimate of drug-likeness (QED) is 0.905. The van der Waals surface area contributed by atoms with Gasteiger partial charge in [0.25, 0.3) is 0 Å². The van der Waals surface area contributed by atoms with Crippen molar-refractivity contribution in [2.45, 2.75) is 13.5 Å². The zero-order chi connectivity index (χ0) is 12.3. The van der Waals surface area contributed by atoms with E-state index < -0.39 is 5.97 Å². The van der Waals surface area contributed by atoms with Gasteiger partial charge in [-0.05, 0) is 19.1 Å². The molecule has 0 saturated heterocycles. The molecule has 0 spiro atoms. The first-order valence-corrected chi connectivity index (χ1v) is 5.86. The van der Waals surface area contributed by atoms with Gasteiger partial charge in [-0.15, -0.1) is 11.3 Å². The van der Waals surface area contributed by atoms with Crippen LogP contribution in [0.25, 0.3) is 0 Å². The Morgan fingerprint density at radius 3 is 2.71 bits per heavy atom. The summed E-state index contributed by atoms with van der Waals surface area (Å²) in [5.74, 6) is -0.248. The van der Waals surface area contributed by atoms with Crippen LogP contribution in [0.4, 0.5) is 0 Å². The summed E-state index contributed by atoms with van der Waals surface area (Å²) in [4.78, 5) is 15.5. The van der Waals surface area contributed by atoms with E-state index in [9.17, 15) is 4.79 Å². The monoisotopic (exact) mass is 249 g/mol. The summed E-state index contributed by atoms with van der Waals surface area (Å²) >= 11 is 1.34. The zero-order valence-corrected chi connectivity index (χ0v) is 10.0. The molecule has 5 heteroatoms. The molecule has 0 saturated carbocycles. The minimum Gasteiger partial charge on any atom is -0.486 e. The van der Waals surface area contributed by atoms with E-state index >= 15 is 0 Å². The number of thiazole rings is 1. The van der Waals surface area contributed by atoms with Crippen molar-refractivity contribution in [3.63, 3.8) is 0 Å². The van der Waals surface area contributed by atoms with Crippen molar-refractivity contribution in [1.29, 1.82) is 0 Å². The topological polar surface area (TPSA) is 59.4 Å². The van der Waals surface area contributed by atoms with Crippen molar-refractivity contribution in [3.8, 4) is 5.75 Å². The Morgan fingerprint density at radius 2 is 2.12 bits per heavy atom. The van der Waals surface area contributed by atoms with E-state index in [-0.39, 0.29) is 5.69 Å². The number of carboxylic acid groups (broad SMARTS) is 1. The first-order valence-electron chi connectivity index (χ1n) is 5.04. The average molecular weight is 249 g/mol. The van der Waals surface area contributed by atoms with Crippen LogP contribution in [0.2, 0.25) is 0 Å². The van der Waals surface area contributed by atoms with Crippen LogP contribution in [-0.4, -0.2) is 16.1 Å². The van der Waals surface area contributed by atoms with Gasteiger partial charge in [-0.2, -0.15) is 0 Å². The molecule has 0 fully saturated rings. The molecule has 88 valence electrons. The van der Waals surface area contributed by atoms with Gasteiger partial charge in [0.1, 0.15) is 17.4 Å². The fourth-order valence-corrected chi connectivity index (χ4v) is 2.21. The number of aromatic nitrogens is 1. The van der Waals surface area contributed by atoms with Crippen LogP contribution in [0, 0.1) is 6.92 Å². The maximum atomic E-state index is 10.8. The molecule has 17 heavy (non-hydrogen) atoms. The lowest BCUT2D eigenvalue weighted by molar-refractivity contribution is 0.0690. The van der Waals surface area contributed by atoms with Crippen molar-refractivity contribution in [2.75, 3.05) is 0 Å². The number of aromatic carboxylic acids is 1. The molecule has 0 aliphatic rings. The average Bonchev–Trinajstić information content (AvgIpc) is 2.69. The molecule has 0 bridgehead atoms. The maximum Gasteiger partial charge on any atom is 0.355 e. The second kappa shape index (κ2) is 4.97. The number of carboxylic acids is 1. The molecule has 1 aromatic carbocycles. The number of nitrogens with zero attached hydrogens (tertiary/aromatic N) is 1. The Bertz CT molecular complexity index is 522. The van der Waals surface area contributed by atoms with Crippen LogP contribution in [0.3, 0.4) is 0 Å². The predicted molar refractivity (Wildman–Crippen MR) is 64.6 cm³/mol. The van der Waals surface area contributed by atoms with E-state index in [1.807, 2.05) is 30.3 Å². The molecule has 0 aliphatic heterocycles. The number of para-hydroxylation sites is 1. The molecule has 0 radical (unpaired) electrons. The van der Waals surface area contributed by atoms with E-state index in [1.54, 1.807) is 6.92 Å². The van der Waals surface area contributed by atoms with Crippen LogP contribution < -0.4 is 4.74 Å². The smallest absolute Gasteiger partial charge is 0.355 e. The minimum absolute atomic E-state index is 0.113. The van der Waals surface area contributed by atoms with E-state index in [0.29, 0.717) is 16.5 Å². The van der Waals surface area contributed by atoms with Crippen LogP contribution >= 0.6 is 11.3 Å². The first kappa shape index (κ1) is 11.6. The lowest BCUT2D eigenvalue weighted by atomic mass is 10.3. The molecule has 1 heterocycles. The molecule has 1 N–H and O–H groups in total. The van der Waals surface area contributed by atoms with E-state index in [1.165, 1.54) is 11.3 Å². The van der Waals surface area contributed by atoms with Gasteiger partial charge in [0, 0.05) is 4.88 Å². The Kier molecular flexibility index (Phi) is 3.39. The molecule has 0 amide bonds. The number of ether oxygens (including phenoxy) is 1. The Morgan fingerprint density at radius 1 is 1.41 bits per heavy atom. The number of benzene rings is 1. The Hall–Kier alpha value is -1.88. The minimum atomic E-state index is -0.996. The normalized spacial score (nSPS) is 10.2. The Labute approximate surface area is 103 Å². The highest BCUT2D eigenvalue weighted by Gasteiger charge is 2.13. The van der Waals surface area contributed by atoms with E-state index in [4.69, 9.17) is 9.84 Å². The summed E-state index contributed by atoms with van der Waals surface area (Å²) in [5, 5.41) is 9.54. The van der Waals surface area contributed by atoms with Crippen LogP contribution in [0.1, 0.15) is 20.4 Å². The summed E-state index contributed by atoms with van der Waals surface area (Å²) in [5.41, 5.74) is 0.113. The largest absolute Gasteiger partial charge is 0.486 e. The second-order valence-corrected chi connectivity index (χ2v) is 4.71. The van der Waals surface area contributed by atoms with Crippen LogP contribution in [-0.2, 0) is 6.61 Å². The number of hydrogen-bond acceptors (Lipinski definition) is 4. The number of aryl methyl sites for hydroxylation is 1. The van der Waals surface area contributed by atoms with Crippen molar-refractivity contribution >= 4 is 17.3 Å². The van der Waals surface area contributed by atoms with Crippen molar-refractivity contribution < 1.29 is 14.6 Å². The number of carbonyl (C=O) groups is 1. The molecular formula is C12H11NO3S. The lowest BCUT2D eigenvalue weighted by Crippen LogP contribution is -2.00. The number of hydrogen-bond donors (Lipinski definition) is 1. The standard InChI is InChI=1S/C12H11NO3S/c1-8-11(12(14)15)13-10(17-8)7-16-9-5-3-2-4-6-9/h2-6H,7H2,1H3,(H,14,15). The third-order valence-corrected chi connectivity index (χ3v) is 3.09. The molecule has 2 aromatic rings. The molecule has 0 unspecified atom stereocenters. The third-order valence-electron chi connectivity index (χ3n) is 2.15. The molecule has 0 atom stereocenters. The van der Waals surface area contributed by atoms with Gasteiger partial charge < -0.3 is 9.84 Å². The zero-order valence-electron chi connectivity index (χ0n) is 9.21. The maximum absolute atomic E-state index is 10.8. The van der Waals surface area contributed by atoms with Crippen molar-refractivity contribution in [3.05, 3.63) is 45.9 Å². The van der Waals surface area contributed by atoms with Gasteiger partial charge in [0.05, 0.1) is 0 Å². The summed E-state index contributed by atoms with van der Waals surface area (Å²) in [6, 6.07) is 9.36. The van der Waals surface area contributed by atoms with Gasteiger partial charge in [-0.25, -0.2) is 9.78 Å². The molecular weight excluding hydrogens is 238 g/mol. The summed E-state index contributed by atoms with van der Waals surface area (Å²) in [6.45, 7) is 2.04. The highest BCUT2D eigenvalue weighted by Crippen LogP contribution is 2.19. The SMILES string of the molecule is Cc1sc(COc2ccccc2)nc1C(=O)O. The summed E-state index contributed by atoms with van der Waals surface area (Å²) in [7, 11) is 0. The molecule has 2 rings (SSSR count). The van der Waals surface area contributed by atoms with Gasteiger partial charge >= 0.3 is 5.97 Å². The first-order chi connectivity index (χ1) is 8.16. The fourth-order valence-electron chi connectivity index (χ4n) is 1.37. The highest BCUT2D eigenvalue weighted by molar-refractivity contribution is 7.11. The third kappa shape index (κ3) is 2.82. The highest BCUT2D eigenvalue weighted by atomic mass is 32.1. The predicted octanol–water partition coefficient (Wildman–Crippen LogP) is 2.73. The number of rotatable bonds is 4. The van der Waals surface area contributed by atoms with Gasteiger partial charge in [0.15, 0.2) is 5.69 Å². The Balaban J connectivity index is 2.05. The van der Waals surface area contributed by atoms with E-state index in [2.05, 4.69) is 4.98 Å². The van der Waals surface area contributed by atoms with E-state index in [0.717, 1.165) is 5.75 Å². The molecule has 1 aromatic heterocycles. The van der Waals surface area contributed by atoms with Crippen molar-refractivity contribution in [2.24, 2.45) is 0 Å². The van der Waals surface area contributed by atoms with Crippen LogP contribution in [0.5, 0.6) is 5.75 Å². The summed E-state index contributed by atoms with van der Waals surface area (Å²) in [6.07, 6.45) is 0. The molecule has 0 aliphatic carbocycles. The lowest BCUT2D eigenvalue weighted by Gasteiger charge is -2.02. The summed E-state index contributed by atoms with van der Waals surface area (Å²) < 4.78 is 5.50. The fraction of sp³-hybridized carbons (Fsp3) is 0.167.